The van der Waals surface area contributed by atoms with E-state index in [1.165, 1.54) is 11.3 Å². The molecule has 0 bridgehead atoms. The normalized spacial score (nSPS) is 11.2. The highest BCUT2D eigenvalue weighted by Gasteiger charge is 2.12. The molecular weight excluding hydrogens is 345 g/mol. The summed E-state index contributed by atoms with van der Waals surface area (Å²) in [4.78, 5) is 5.26. The fourth-order valence-corrected chi connectivity index (χ4v) is 3.12. The molecule has 3 nitrogen and oxygen atoms in total. The Kier molecular flexibility index (Phi) is 2.86. The van der Waals surface area contributed by atoms with Crippen LogP contribution in [0.25, 0.3) is 16.2 Å². The van der Waals surface area contributed by atoms with Crippen LogP contribution in [0.15, 0.2) is 28.3 Å². The molecule has 2 aromatic heterocycles. The Hall–Kier alpha value is -0.620. The van der Waals surface area contributed by atoms with E-state index in [0.29, 0.717) is 10.0 Å². The van der Waals surface area contributed by atoms with E-state index in [4.69, 9.17) is 23.2 Å². The van der Waals surface area contributed by atoms with E-state index in [1.807, 2.05) is 18.3 Å². The van der Waals surface area contributed by atoms with Crippen LogP contribution >= 0.6 is 50.5 Å². The second-order valence-electron chi connectivity index (χ2n) is 3.31. The first-order valence-corrected chi connectivity index (χ1v) is 6.98. The van der Waals surface area contributed by atoms with Crippen LogP contribution in [0, 0.1) is 0 Å². The summed E-state index contributed by atoms with van der Waals surface area (Å²) in [7, 11) is 0. The molecule has 0 N–H and O–H groups in total. The van der Waals surface area contributed by atoms with Crippen molar-refractivity contribution >= 4 is 55.4 Å². The number of imidazole rings is 1. The van der Waals surface area contributed by atoms with Gasteiger partial charge in [-0.1, -0.05) is 46.7 Å². The monoisotopic (exact) mass is 347 g/mol. The molecule has 0 atom stereocenters. The van der Waals surface area contributed by atoms with Gasteiger partial charge in [0, 0.05) is 5.56 Å². The molecule has 1 aromatic carbocycles. The van der Waals surface area contributed by atoms with Gasteiger partial charge in [-0.25, -0.2) is 9.50 Å². The van der Waals surface area contributed by atoms with Crippen LogP contribution in [0.2, 0.25) is 10.0 Å². The molecule has 0 unspecified atom stereocenters. The fourth-order valence-electron chi connectivity index (χ4n) is 1.51. The first kappa shape index (κ1) is 11.5. The lowest BCUT2D eigenvalue weighted by Crippen LogP contribution is -1.81. The molecule has 0 saturated heterocycles. The van der Waals surface area contributed by atoms with Crippen molar-refractivity contribution in [3.63, 3.8) is 0 Å². The Morgan fingerprint density at radius 2 is 2.12 bits per heavy atom. The van der Waals surface area contributed by atoms with E-state index in [2.05, 4.69) is 26.0 Å². The van der Waals surface area contributed by atoms with Gasteiger partial charge in [-0.3, -0.25) is 0 Å². The summed E-state index contributed by atoms with van der Waals surface area (Å²) >= 11 is 16.9. The quantitative estimate of drug-likeness (QED) is 0.646. The van der Waals surface area contributed by atoms with Crippen molar-refractivity contribution in [2.24, 2.45) is 0 Å². The SMILES string of the molecule is Clc1cccc(-c2cn3nc(Br)sc3n2)c1Cl. The molecule has 2 heterocycles. The molecule has 3 rings (SSSR count). The first-order valence-electron chi connectivity index (χ1n) is 4.61. The van der Waals surface area contributed by atoms with Crippen LogP contribution in [-0.4, -0.2) is 14.6 Å². The maximum Gasteiger partial charge on any atom is 0.213 e. The second-order valence-corrected chi connectivity index (χ2v) is 6.33. The van der Waals surface area contributed by atoms with Gasteiger partial charge in [0.1, 0.15) is 0 Å². The minimum Gasteiger partial charge on any atom is -0.217 e. The van der Waals surface area contributed by atoms with Crippen LogP contribution in [0.5, 0.6) is 0 Å². The zero-order chi connectivity index (χ0) is 12.0. The van der Waals surface area contributed by atoms with Crippen molar-refractivity contribution in [2.75, 3.05) is 0 Å². The molecule has 0 radical (unpaired) electrons. The molecule has 17 heavy (non-hydrogen) atoms. The van der Waals surface area contributed by atoms with Crippen LogP contribution < -0.4 is 0 Å². The van der Waals surface area contributed by atoms with Gasteiger partial charge in [0.25, 0.3) is 0 Å². The molecule has 0 aliphatic carbocycles. The minimum atomic E-state index is 0.513. The van der Waals surface area contributed by atoms with Crippen molar-refractivity contribution in [2.45, 2.75) is 0 Å². The molecule has 7 heteroatoms. The number of hydrogen-bond acceptors (Lipinski definition) is 3. The summed E-state index contributed by atoms with van der Waals surface area (Å²) in [6.07, 6.45) is 1.83. The molecular formula is C10H4BrCl2N3S. The zero-order valence-electron chi connectivity index (χ0n) is 8.19. The van der Waals surface area contributed by atoms with Crippen molar-refractivity contribution in [3.8, 4) is 11.3 Å². The van der Waals surface area contributed by atoms with Gasteiger partial charge in [0.15, 0.2) is 3.92 Å². The maximum absolute atomic E-state index is 6.15. The zero-order valence-corrected chi connectivity index (χ0v) is 12.1. The lowest BCUT2D eigenvalue weighted by atomic mass is 10.2. The summed E-state index contributed by atoms with van der Waals surface area (Å²) in [6, 6.07) is 5.48. The van der Waals surface area contributed by atoms with Gasteiger partial charge < -0.3 is 0 Å². The number of fused-ring (bicyclic) bond motifs is 1. The average molecular weight is 349 g/mol. The standard InChI is InChI=1S/C10H4BrCl2N3S/c11-9-15-16-4-7(14-10(16)17-9)5-2-1-3-6(12)8(5)13/h1-4H. The van der Waals surface area contributed by atoms with Crippen LogP contribution in [-0.2, 0) is 0 Å². The van der Waals surface area contributed by atoms with E-state index >= 15 is 0 Å². The van der Waals surface area contributed by atoms with E-state index in [0.717, 1.165) is 20.1 Å². The Morgan fingerprint density at radius 1 is 1.29 bits per heavy atom. The van der Waals surface area contributed by atoms with Crippen molar-refractivity contribution in [1.29, 1.82) is 0 Å². The number of rotatable bonds is 1. The number of benzene rings is 1. The van der Waals surface area contributed by atoms with Gasteiger partial charge in [0.2, 0.25) is 4.96 Å². The molecule has 0 saturated carbocycles. The van der Waals surface area contributed by atoms with Gasteiger partial charge in [-0.15, -0.1) is 5.10 Å². The highest BCUT2D eigenvalue weighted by atomic mass is 79.9. The Balaban J connectivity index is 2.20. The number of halogens is 3. The Bertz CT molecular complexity index is 675. The van der Waals surface area contributed by atoms with Gasteiger partial charge >= 0.3 is 0 Å². The smallest absolute Gasteiger partial charge is 0.213 e. The predicted molar refractivity (Wildman–Crippen MR) is 74.0 cm³/mol. The highest BCUT2D eigenvalue weighted by Crippen LogP contribution is 2.33. The Morgan fingerprint density at radius 3 is 2.88 bits per heavy atom. The predicted octanol–water partition coefficient (Wildman–Crippen LogP) is 4.53. The summed E-state index contributed by atoms with van der Waals surface area (Å²) in [6.45, 7) is 0. The first-order chi connectivity index (χ1) is 8.15. The number of aromatic nitrogens is 3. The third kappa shape index (κ3) is 1.97. The van der Waals surface area contributed by atoms with E-state index < -0.39 is 0 Å². The van der Waals surface area contributed by atoms with Crippen LogP contribution in [0.1, 0.15) is 0 Å². The fraction of sp³-hybridized carbons (Fsp3) is 0. The molecule has 0 aliphatic heterocycles. The van der Waals surface area contributed by atoms with Crippen molar-refractivity contribution < 1.29 is 0 Å². The van der Waals surface area contributed by atoms with Crippen molar-refractivity contribution in [3.05, 3.63) is 38.4 Å². The summed E-state index contributed by atoms with van der Waals surface area (Å²) < 4.78 is 2.50. The average Bonchev–Trinajstić information content (AvgIpc) is 2.79. The minimum absolute atomic E-state index is 0.513. The maximum atomic E-state index is 6.15. The van der Waals surface area contributed by atoms with Crippen molar-refractivity contribution in [1.82, 2.24) is 14.6 Å². The molecule has 3 aromatic rings. The Labute approximate surface area is 119 Å². The second kappa shape index (κ2) is 4.24. The van der Waals surface area contributed by atoms with Crippen LogP contribution in [0.4, 0.5) is 0 Å². The lowest BCUT2D eigenvalue weighted by molar-refractivity contribution is 0.959. The number of hydrogen-bond donors (Lipinski definition) is 0. The molecule has 0 aliphatic rings. The van der Waals surface area contributed by atoms with Gasteiger partial charge in [-0.05, 0) is 22.0 Å². The largest absolute Gasteiger partial charge is 0.217 e. The summed E-state index contributed by atoms with van der Waals surface area (Å²) in [5.74, 6) is 0. The van der Waals surface area contributed by atoms with E-state index in [9.17, 15) is 0 Å². The highest BCUT2D eigenvalue weighted by molar-refractivity contribution is 9.11. The number of nitrogens with zero attached hydrogens (tertiary/aromatic N) is 3. The molecule has 0 fully saturated rings. The summed E-state index contributed by atoms with van der Waals surface area (Å²) in [5.41, 5.74) is 1.58. The summed E-state index contributed by atoms with van der Waals surface area (Å²) in [5, 5.41) is 5.26. The van der Waals surface area contributed by atoms with Gasteiger partial charge in [0.05, 0.1) is 21.9 Å². The van der Waals surface area contributed by atoms with Gasteiger partial charge in [-0.2, -0.15) is 0 Å². The van der Waals surface area contributed by atoms with E-state index in [-0.39, 0.29) is 0 Å². The molecule has 86 valence electrons. The third-order valence-corrected chi connectivity index (χ3v) is 4.42. The molecule has 0 spiro atoms. The third-order valence-electron chi connectivity index (χ3n) is 2.25. The van der Waals surface area contributed by atoms with E-state index in [1.54, 1.807) is 10.6 Å². The lowest BCUT2D eigenvalue weighted by Gasteiger charge is -2.01. The topological polar surface area (TPSA) is 30.2 Å². The molecule has 0 amide bonds. The van der Waals surface area contributed by atoms with Crippen LogP contribution in [0.3, 0.4) is 0 Å².